The molecule has 3 aliphatic rings. The topological polar surface area (TPSA) is 23.5 Å². The Kier molecular flexibility index (Phi) is 2.86. The lowest BCUT2D eigenvalue weighted by atomic mass is 9.74. The quantitative estimate of drug-likeness (QED) is 0.908. The lowest BCUT2D eigenvalue weighted by Crippen LogP contribution is -2.47. The summed E-state index contributed by atoms with van der Waals surface area (Å²) in [6.45, 7) is 1.38. The van der Waals surface area contributed by atoms with Crippen LogP contribution in [-0.2, 0) is 0 Å². The Balaban J connectivity index is 1.64. The van der Waals surface area contributed by atoms with Gasteiger partial charge in [0.1, 0.15) is 0 Å². The van der Waals surface area contributed by atoms with Gasteiger partial charge in [-0.1, -0.05) is 48.6 Å². The standard InChI is InChI=1S/C18H19NO/c20-12-15-7-4-10-19(15)18-14-8-9-16(17(18)11-14)13-5-2-1-3-6-13/h1-3,5-6,8-9,11,15,18,20H,4,7,10,12H2. The van der Waals surface area contributed by atoms with Crippen LogP contribution in [0.4, 0.5) is 0 Å². The van der Waals surface area contributed by atoms with Crippen molar-refractivity contribution in [3.8, 4) is 0 Å². The van der Waals surface area contributed by atoms with Gasteiger partial charge >= 0.3 is 0 Å². The van der Waals surface area contributed by atoms with Gasteiger partial charge in [-0.25, -0.2) is 0 Å². The average molecular weight is 265 g/mol. The Morgan fingerprint density at radius 1 is 1.15 bits per heavy atom. The predicted molar refractivity (Wildman–Crippen MR) is 81.2 cm³/mol. The van der Waals surface area contributed by atoms with E-state index in [0.29, 0.717) is 12.1 Å². The van der Waals surface area contributed by atoms with Crippen LogP contribution < -0.4 is 0 Å². The molecule has 2 nitrogen and oxygen atoms in total. The number of hydrogen-bond donors (Lipinski definition) is 1. The Bertz CT molecular complexity index is 609. The molecule has 2 unspecified atom stereocenters. The molecule has 0 spiro atoms. The van der Waals surface area contributed by atoms with E-state index in [4.69, 9.17) is 0 Å². The zero-order valence-electron chi connectivity index (χ0n) is 11.5. The maximum atomic E-state index is 9.56. The molecule has 0 saturated carbocycles. The second-order valence-electron chi connectivity index (χ2n) is 5.83. The minimum absolute atomic E-state index is 0.279. The minimum atomic E-state index is 0.279. The Morgan fingerprint density at radius 3 is 2.75 bits per heavy atom. The van der Waals surface area contributed by atoms with E-state index in [2.05, 4.69) is 53.5 Å². The van der Waals surface area contributed by atoms with Crippen LogP contribution in [-0.4, -0.2) is 35.2 Å². The summed E-state index contributed by atoms with van der Waals surface area (Å²) in [4.78, 5) is 2.48. The molecular weight excluding hydrogens is 246 g/mol. The van der Waals surface area contributed by atoms with Crippen LogP contribution in [0.5, 0.6) is 0 Å². The first-order valence-corrected chi connectivity index (χ1v) is 7.44. The highest BCUT2D eigenvalue weighted by Gasteiger charge is 2.40. The van der Waals surface area contributed by atoms with E-state index < -0.39 is 0 Å². The predicted octanol–water partition coefficient (Wildman–Crippen LogP) is 2.78. The number of likely N-dealkylation sites (tertiary alicyclic amines) is 1. The van der Waals surface area contributed by atoms with Crippen molar-refractivity contribution >= 4 is 5.57 Å². The molecule has 1 aliphatic heterocycles. The van der Waals surface area contributed by atoms with Gasteiger partial charge in [0.2, 0.25) is 0 Å². The van der Waals surface area contributed by atoms with E-state index in [-0.39, 0.29) is 6.61 Å². The second-order valence-corrected chi connectivity index (χ2v) is 5.83. The second kappa shape index (κ2) is 4.72. The molecule has 2 atom stereocenters. The molecule has 1 heterocycles. The molecule has 1 aromatic carbocycles. The molecule has 1 fully saturated rings. The molecule has 0 amide bonds. The number of rotatable bonds is 3. The molecule has 0 radical (unpaired) electrons. The average Bonchev–Trinajstić information content (AvgIpc) is 2.96. The van der Waals surface area contributed by atoms with Crippen LogP contribution in [0, 0.1) is 0 Å². The molecule has 0 aromatic heterocycles. The van der Waals surface area contributed by atoms with Crippen LogP contribution in [0.15, 0.2) is 59.7 Å². The van der Waals surface area contributed by atoms with Crippen molar-refractivity contribution in [1.29, 1.82) is 0 Å². The summed E-state index contributed by atoms with van der Waals surface area (Å²) in [5.74, 6) is 0. The Hall–Kier alpha value is -1.64. The van der Waals surface area contributed by atoms with E-state index >= 15 is 0 Å². The lowest BCUT2D eigenvalue weighted by molar-refractivity contribution is 0.142. The summed E-state index contributed by atoms with van der Waals surface area (Å²) in [6, 6.07) is 11.3. The zero-order chi connectivity index (χ0) is 13.5. The van der Waals surface area contributed by atoms with Gasteiger partial charge < -0.3 is 5.11 Å². The van der Waals surface area contributed by atoms with E-state index in [1.165, 1.54) is 28.7 Å². The van der Waals surface area contributed by atoms with Crippen molar-refractivity contribution < 1.29 is 5.11 Å². The highest BCUT2D eigenvalue weighted by Crippen LogP contribution is 2.45. The van der Waals surface area contributed by atoms with Gasteiger partial charge in [-0.05, 0) is 41.7 Å². The number of aliphatic hydroxyl groups is 1. The molecule has 4 rings (SSSR count). The maximum Gasteiger partial charge on any atom is 0.0611 e. The lowest BCUT2D eigenvalue weighted by Gasteiger charge is -2.43. The summed E-state index contributed by atoms with van der Waals surface area (Å²) in [5.41, 5.74) is 5.46. The van der Waals surface area contributed by atoms with Crippen molar-refractivity contribution in [3.63, 3.8) is 0 Å². The molecule has 2 heteroatoms. The zero-order valence-corrected chi connectivity index (χ0v) is 11.5. The van der Waals surface area contributed by atoms with E-state index in [0.717, 1.165) is 13.0 Å². The summed E-state index contributed by atoms with van der Waals surface area (Å²) in [6.07, 6.45) is 9.11. The highest BCUT2D eigenvalue weighted by molar-refractivity contribution is 5.89. The van der Waals surface area contributed by atoms with Crippen LogP contribution in [0.2, 0.25) is 0 Å². The molecule has 2 aliphatic carbocycles. The molecular formula is C18H19NO. The minimum Gasteiger partial charge on any atom is -0.395 e. The largest absolute Gasteiger partial charge is 0.395 e. The Morgan fingerprint density at radius 2 is 2.00 bits per heavy atom. The smallest absolute Gasteiger partial charge is 0.0611 e. The molecule has 2 bridgehead atoms. The van der Waals surface area contributed by atoms with Crippen molar-refractivity contribution in [3.05, 3.63) is 65.3 Å². The monoisotopic (exact) mass is 265 g/mol. The summed E-state index contributed by atoms with van der Waals surface area (Å²) in [7, 11) is 0. The van der Waals surface area contributed by atoms with Gasteiger partial charge in [0, 0.05) is 6.04 Å². The first kappa shape index (κ1) is 12.1. The third-order valence-electron chi connectivity index (χ3n) is 4.74. The molecule has 102 valence electrons. The maximum absolute atomic E-state index is 9.56. The van der Waals surface area contributed by atoms with Gasteiger partial charge in [-0.15, -0.1) is 0 Å². The number of benzene rings is 1. The molecule has 1 aromatic rings. The SMILES string of the molecule is OCC1CCCN1C1c2ccc(-c3ccccc3)c1c2. The fraction of sp³-hybridized carbons (Fsp3) is 0.333. The summed E-state index contributed by atoms with van der Waals surface area (Å²) >= 11 is 0. The van der Waals surface area contributed by atoms with Crippen LogP contribution in [0.25, 0.3) is 5.57 Å². The summed E-state index contributed by atoms with van der Waals surface area (Å²) in [5, 5.41) is 9.56. The van der Waals surface area contributed by atoms with Gasteiger partial charge in [0.25, 0.3) is 0 Å². The van der Waals surface area contributed by atoms with Gasteiger partial charge in [0.05, 0.1) is 12.6 Å². The fourth-order valence-electron chi connectivity index (χ4n) is 3.71. The van der Waals surface area contributed by atoms with Crippen LogP contribution in [0.1, 0.15) is 18.4 Å². The van der Waals surface area contributed by atoms with Gasteiger partial charge in [-0.2, -0.15) is 0 Å². The van der Waals surface area contributed by atoms with E-state index in [1.54, 1.807) is 0 Å². The van der Waals surface area contributed by atoms with Crippen molar-refractivity contribution in [2.75, 3.05) is 13.2 Å². The van der Waals surface area contributed by atoms with E-state index in [9.17, 15) is 5.11 Å². The summed E-state index contributed by atoms with van der Waals surface area (Å²) < 4.78 is 0. The third-order valence-corrected chi connectivity index (χ3v) is 4.74. The molecule has 1 N–H and O–H groups in total. The number of aliphatic hydroxyl groups excluding tert-OH is 1. The van der Waals surface area contributed by atoms with Crippen LogP contribution in [0.3, 0.4) is 0 Å². The highest BCUT2D eigenvalue weighted by atomic mass is 16.3. The van der Waals surface area contributed by atoms with Crippen molar-refractivity contribution in [1.82, 2.24) is 4.90 Å². The van der Waals surface area contributed by atoms with E-state index in [1.807, 2.05) is 0 Å². The molecule has 1 saturated heterocycles. The number of allylic oxidation sites excluding steroid dienone is 2. The van der Waals surface area contributed by atoms with Gasteiger partial charge in [0.15, 0.2) is 0 Å². The number of hydrogen-bond acceptors (Lipinski definition) is 2. The molecule has 20 heavy (non-hydrogen) atoms. The third kappa shape index (κ3) is 1.72. The van der Waals surface area contributed by atoms with Crippen molar-refractivity contribution in [2.45, 2.75) is 24.9 Å². The van der Waals surface area contributed by atoms with Crippen LogP contribution >= 0.6 is 0 Å². The normalized spacial score (nSPS) is 28.6. The number of nitrogens with zero attached hydrogens (tertiary/aromatic N) is 1. The Labute approximate surface area is 119 Å². The van der Waals surface area contributed by atoms with Crippen molar-refractivity contribution in [2.24, 2.45) is 0 Å². The van der Waals surface area contributed by atoms with Gasteiger partial charge in [-0.3, -0.25) is 4.90 Å². The fourth-order valence-corrected chi connectivity index (χ4v) is 3.71. The first-order chi connectivity index (χ1) is 9.88. The first-order valence-electron chi connectivity index (χ1n) is 7.44. The number of fused-ring (bicyclic) bond motifs is 2.